The van der Waals surface area contributed by atoms with Crippen molar-refractivity contribution in [1.82, 2.24) is 15.5 Å². The van der Waals surface area contributed by atoms with E-state index in [0.717, 1.165) is 43.2 Å². The molecular formula is C25H37IN4O2. The van der Waals surface area contributed by atoms with Crippen LogP contribution in [0, 0.1) is 0 Å². The van der Waals surface area contributed by atoms with E-state index in [1.54, 1.807) is 19.0 Å². The topological polar surface area (TPSA) is 66.0 Å². The fraction of sp³-hybridized carbons (Fsp3) is 0.440. The number of carbonyl (C=O) groups excluding carboxylic acids is 1. The van der Waals surface area contributed by atoms with Crippen molar-refractivity contribution in [2.75, 3.05) is 33.7 Å². The van der Waals surface area contributed by atoms with Gasteiger partial charge in [-0.3, -0.25) is 9.79 Å². The van der Waals surface area contributed by atoms with Gasteiger partial charge in [-0.25, -0.2) is 0 Å². The highest BCUT2D eigenvalue weighted by molar-refractivity contribution is 14.0. The van der Waals surface area contributed by atoms with Gasteiger partial charge in [-0.05, 0) is 69.0 Å². The molecule has 176 valence electrons. The Morgan fingerprint density at radius 1 is 1.03 bits per heavy atom. The minimum Gasteiger partial charge on any atom is -0.491 e. The van der Waals surface area contributed by atoms with Crippen molar-refractivity contribution < 1.29 is 9.53 Å². The van der Waals surface area contributed by atoms with Gasteiger partial charge in [0.15, 0.2) is 5.96 Å². The van der Waals surface area contributed by atoms with Crippen molar-refractivity contribution in [3.63, 3.8) is 0 Å². The number of nitrogens with zero attached hydrogens (tertiary/aromatic N) is 2. The smallest absolute Gasteiger partial charge is 0.253 e. The number of benzene rings is 2. The maximum atomic E-state index is 12.1. The summed E-state index contributed by atoms with van der Waals surface area (Å²) in [7, 11) is 3.53. The Labute approximate surface area is 209 Å². The number of hydrogen-bond acceptors (Lipinski definition) is 3. The minimum atomic E-state index is 0. The molecule has 0 saturated heterocycles. The van der Waals surface area contributed by atoms with Crippen LogP contribution in [0.5, 0.6) is 5.75 Å². The van der Waals surface area contributed by atoms with Gasteiger partial charge in [0.25, 0.3) is 5.91 Å². The number of rotatable bonds is 10. The molecule has 6 nitrogen and oxygen atoms in total. The summed E-state index contributed by atoms with van der Waals surface area (Å²) < 4.78 is 5.69. The van der Waals surface area contributed by atoms with Gasteiger partial charge in [-0.1, -0.05) is 24.3 Å². The van der Waals surface area contributed by atoms with Crippen LogP contribution in [0.1, 0.15) is 42.3 Å². The van der Waals surface area contributed by atoms with Gasteiger partial charge in [0, 0.05) is 39.3 Å². The van der Waals surface area contributed by atoms with E-state index in [4.69, 9.17) is 4.74 Å². The van der Waals surface area contributed by atoms with E-state index in [1.165, 1.54) is 5.56 Å². The predicted octanol–water partition coefficient (Wildman–Crippen LogP) is 4.13. The second-order valence-electron chi connectivity index (χ2n) is 7.90. The number of halogens is 1. The molecule has 1 amide bonds. The van der Waals surface area contributed by atoms with Gasteiger partial charge >= 0.3 is 0 Å². The second-order valence-corrected chi connectivity index (χ2v) is 7.90. The number of hydrogen-bond donors (Lipinski definition) is 2. The summed E-state index contributed by atoms with van der Waals surface area (Å²) in [5.41, 5.74) is 3.07. The lowest BCUT2D eigenvalue weighted by molar-refractivity contribution is 0.0827. The molecule has 0 aromatic heterocycles. The van der Waals surface area contributed by atoms with Crippen LogP contribution in [-0.2, 0) is 12.8 Å². The van der Waals surface area contributed by atoms with Gasteiger partial charge in [0.05, 0.1) is 6.10 Å². The highest BCUT2D eigenvalue weighted by Crippen LogP contribution is 2.14. The molecule has 0 aliphatic heterocycles. The van der Waals surface area contributed by atoms with Crippen LogP contribution in [-0.4, -0.2) is 56.6 Å². The molecule has 0 atom stereocenters. The molecule has 32 heavy (non-hydrogen) atoms. The average molecular weight is 553 g/mol. The van der Waals surface area contributed by atoms with E-state index in [1.807, 2.05) is 50.2 Å². The van der Waals surface area contributed by atoms with Crippen LogP contribution in [0.15, 0.2) is 53.5 Å². The van der Waals surface area contributed by atoms with Crippen molar-refractivity contribution in [3.8, 4) is 5.75 Å². The SMILES string of the molecule is CCNC(=NCCc1ccc(OC(C)C)cc1)NCCc1cccc(C(=O)N(C)C)c1.I. The molecule has 0 radical (unpaired) electrons. The van der Waals surface area contributed by atoms with E-state index >= 15 is 0 Å². The first-order valence-corrected chi connectivity index (χ1v) is 11.0. The van der Waals surface area contributed by atoms with Gasteiger partial charge in [-0.2, -0.15) is 0 Å². The highest BCUT2D eigenvalue weighted by Gasteiger charge is 2.08. The monoisotopic (exact) mass is 552 g/mol. The first-order valence-electron chi connectivity index (χ1n) is 11.0. The molecule has 0 spiro atoms. The lowest BCUT2D eigenvalue weighted by Gasteiger charge is -2.13. The lowest BCUT2D eigenvalue weighted by atomic mass is 10.1. The average Bonchev–Trinajstić information content (AvgIpc) is 2.74. The van der Waals surface area contributed by atoms with Gasteiger partial charge in [0.1, 0.15) is 5.75 Å². The summed E-state index contributed by atoms with van der Waals surface area (Å²) in [6.07, 6.45) is 1.86. The maximum Gasteiger partial charge on any atom is 0.253 e. The number of carbonyl (C=O) groups is 1. The zero-order valence-corrected chi connectivity index (χ0v) is 22.2. The van der Waals surface area contributed by atoms with Gasteiger partial charge in [-0.15, -0.1) is 24.0 Å². The maximum absolute atomic E-state index is 12.1. The van der Waals surface area contributed by atoms with Crippen molar-refractivity contribution in [1.29, 1.82) is 0 Å². The van der Waals surface area contributed by atoms with Crippen LogP contribution in [0.3, 0.4) is 0 Å². The van der Waals surface area contributed by atoms with Crippen LogP contribution in [0.25, 0.3) is 0 Å². The first kappa shape index (κ1) is 27.7. The largest absolute Gasteiger partial charge is 0.491 e. The molecule has 2 rings (SSSR count). The van der Waals surface area contributed by atoms with E-state index in [9.17, 15) is 4.79 Å². The van der Waals surface area contributed by atoms with Crippen molar-refractivity contribution in [2.45, 2.75) is 39.7 Å². The second kappa shape index (κ2) is 14.7. The van der Waals surface area contributed by atoms with Crippen molar-refractivity contribution in [2.24, 2.45) is 4.99 Å². The molecule has 0 aliphatic rings. The Balaban J connectivity index is 0.00000512. The van der Waals surface area contributed by atoms with E-state index in [2.05, 4.69) is 34.7 Å². The van der Waals surface area contributed by atoms with E-state index in [-0.39, 0.29) is 36.0 Å². The Bertz CT molecular complexity index is 851. The summed E-state index contributed by atoms with van der Waals surface area (Å²) in [5.74, 6) is 1.73. The molecule has 7 heteroatoms. The summed E-state index contributed by atoms with van der Waals surface area (Å²) in [4.78, 5) is 18.4. The molecule has 0 heterocycles. The normalized spacial score (nSPS) is 11.0. The molecule has 0 aliphatic carbocycles. The van der Waals surface area contributed by atoms with Crippen LogP contribution < -0.4 is 15.4 Å². The fourth-order valence-corrected chi connectivity index (χ4v) is 3.09. The zero-order valence-electron chi connectivity index (χ0n) is 19.9. The van der Waals surface area contributed by atoms with Gasteiger partial charge in [0.2, 0.25) is 0 Å². The quantitative estimate of drug-likeness (QED) is 0.264. The summed E-state index contributed by atoms with van der Waals surface area (Å²) >= 11 is 0. The van der Waals surface area contributed by atoms with Crippen molar-refractivity contribution in [3.05, 3.63) is 65.2 Å². The molecule has 2 aromatic rings. The Morgan fingerprint density at radius 3 is 2.38 bits per heavy atom. The number of nitrogens with one attached hydrogen (secondary N) is 2. The highest BCUT2D eigenvalue weighted by atomic mass is 127. The molecule has 0 saturated carbocycles. The Kier molecular flexibility index (Phi) is 12.8. The third kappa shape index (κ3) is 9.89. The molecule has 0 fully saturated rings. The Hall–Kier alpha value is -2.29. The minimum absolute atomic E-state index is 0. The van der Waals surface area contributed by atoms with Crippen LogP contribution in [0.4, 0.5) is 0 Å². The number of ether oxygens (including phenoxy) is 1. The van der Waals surface area contributed by atoms with E-state index in [0.29, 0.717) is 12.1 Å². The first-order chi connectivity index (χ1) is 14.9. The molecule has 2 N–H and O–H groups in total. The Morgan fingerprint density at radius 2 is 1.75 bits per heavy atom. The number of aliphatic imine (C=N–C) groups is 1. The standard InChI is InChI=1S/C25H36N4O2.HI/c1-6-26-25(27-16-14-20-10-12-23(13-11-20)31-19(2)3)28-17-15-21-8-7-9-22(18-21)24(30)29(4)5;/h7-13,18-19H,6,14-17H2,1-5H3,(H2,26,27,28);1H. The zero-order chi connectivity index (χ0) is 22.6. The lowest BCUT2D eigenvalue weighted by Crippen LogP contribution is -2.38. The summed E-state index contributed by atoms with van der Waals surface area (Å²) in [5, 5.41) is 6.67. The number of amides is 1. The van der Waals surface area contributed by atoms with Crippen molar-refractivity contribution >= 4 is 35.8 Å². The summed E-state index contributed by atoms with van der Waals surface area (Å²) in [6.45, 7) is 8.36. The molecule has 0 bridgehead atoms. The predicted molar refractivity (Wildman–Crippen MR) is 143 cm³/mol. The third-order valence-electron chi connectivity index (χ3n) is 4.60. The van der Waals surface area contributed by atoms with E-state index < -0.39 is 0 Å². The molecule has 0 unspecified atom stereocenters. The summed E-state index contributed by atoms with van der Waals surface area (Å²) in [6, 6.07) is 16.0. The molecular weight excluding hydrogens is 515 g/mol. The molecule has 2 aromatic carbocycles. The fourth-order valence-electron chi connectivity index (χ4n) is 3.09. The van der Waals surface area contributed by atoms with Crippen LogP contribution in [0.2, 0.25) is 0 Å². The number of guanidine groups is 1. The van der Waals surface area contributed by atoms with Crippen LogP contribution >= 0.6 is 24.0 Å². The van der Waals surface area contributed by atoms with Gasteiger partial charge < -0.3 is 20.3 Å². The third-order valence-corrected chi connectivity index (χ3v) is 4.60.